The lowest BCUT2D eigenvalue weighted by atomic mass is 10.2. The second-order valence-electron chi connectivity index (χ2n) is 5.06. The fraction of sp³-hybridized carbons (Fsp3) is 0.214. The molecule has 0 spiro atoms. The molecule has 1 aliphatic heterocycles. The van der Waals surface area contributed by atoms with Crippen molar-refractivity contribution in [2.24, 2.45) is 0 Å². The zero-order chi connectivity index (χ0) is 18.0. The van der Waals surface area contributed by atoms with Gasteiger partial charge in [-0.3, -0.25) is 29.4 Å². The van der Waals surface area contributed by atoms with Gasteiger partial charge in [0.25, 0.3) is 16.8 Å². The summed E-state index contributed by atoms with van der Waals surface area (Å²) in [7, 11) is 0. The average molecular weight is 370 g/mol. The number of nitrogens with zero attached hydrogens (tertiary/aromatic N) is 2. The number of benzene rings is 1. The zero-order valence-corrected chi connectivity index (χ0v) is 14.2. The largest absolute Gasteiger partial charge is 0.323 e. The van der Waals surface area contributed by atoms with Crippen LogP contribution in [-0.4, -0.2) is 33.4 Å². The molecule has 0 atom stereocenters. The van der Waals surface area contributed by atoms with Crippen LogP contribution in [0.1, 0.15) is 13.8 Å². The molecule has 8 nitrogen and oxygen atoms in total. The van der Waals surface area contributed by atoms with E-state index in [0.29, 0.717) is 10.5 Å². The van der Waals surface area contributed by atoms with Gasteiger partial charge in [0.2, 0.25) is 5.91 Å². The molecule has 24 heavy (non-hydrogen) atoms. The first kappa shape index (κ1) is 18.0. The molecule has 0 unspecified atom stereocenters. The normalized spacial score (nSPS) is 14.1. The molecule has 0 aliphatic carbocycles. The molecule has 1 saturated heterocycles. The molecule has 0 aromatic heterocycles. The Kier molecular flexibility index (Phi) is 5.25. The van der Waals surface area contributed by atoms with Gasteiger partial charge >= 0.3 is 0 Å². The molecule has 1 heterocycles. The Bertz CT molecular complexity index is 789. The van der Waals surface area contributed by atoms with Crippen molar-refractivity contribution in [3.05, 3.63) is 43.8 Å². The van der Waals surface area contributed by atoms with Gasteiger partial charge in [-0.15, -0.1) is 0 Å². The highest BCUT2D eigenvalue weighted by atomic mass is 35.5. The van der Waals surface area contributed by atoms with E-state index in [-0.39, 0.29) is 16.4 Å². The molecule has 126 valence electrons. The third-order valence-corrected chi connectivity index (χ3v) is 4.54. The molecule has 1 aliphatic rings. The Morgan fingerprint density at radius 1 is 1.38 bits per heavy atom. The first-order valence-corrected chi connectivity index (χ1v) is 7.85. The fourth-order valence-corrected chi connectivity index (χ4v) is 2.95. The number of halogens is 1. The van der Waals surface area contributed by atoms with Gasteiger partial charge < -0.3 is 5.32 Å². The van der Waals surface area contributed by atoms with Crippen molar-refractivity contribution in [1.82, 2.24) is 4.90 Å². The number of amides is 3. The predicted octanol–water partition coefficient (Wildman–Crippen LogP) is 3.18. The molecule has 1 fully saturated rings. The second-order valence-corrected chi connectivity index (χ2v) is 6.43. The number of hydrogen-bond donors (Lipinski definition) is 1. The quantitative estimate of drug-likeness (QED) is 0.496. The van der Waals surface area contributed by atoms with Crippen molar-refractivity contribution in [3.63, 3.8) is 0 Å². The Morgan fingerprint density at radius 3 is 2.54 bits per heavy atom. The van der Waals surface area contributed by atoms with Crippen LogP contribution in [-0.2, 0) is 9.59 Å². The van der Waals surface area contributed by atoms with E-state index in [9.17, 15) is 24.5 Å². The number of carbonyl (C=O) groups is 3. The highest BCUT2D eigenvalue weighted by Crippen LogP contribution is 2.33. The molecule has 10 heteroatoms. The lowest BCUT2D eigenvalue weighted by Gasteiger charge is -2.13. The topological polar surface area (TPSA) is 110 Å². The summed E-state index contributed by atoms with van der Waals surface area (Å²) >= 11 is 6.66. The van der Waals surface area contributed by atoms with E-state index in [2.05, 4.69) is 5.32 Å². The minimum Gasteiger partial charge on any atom is -0.323 e. The van der Waals surface area contributed by atoms with Crippen LogP contribution in [0, 0.1) is 10.1 Å². The Labute approximate surface area is 146 Å². The number of imide groups is 1. The summed E-state index contributed by atoms with van der Waals surface area (Å²) in [6.45, 7) is 2.94. The van der Waals surface area contributed by atoms with E-state index in [0.717, 1.165) is 22.7 Å². The maximum Gasteiger partial charge on any atom is 0.294 e. The van der Waals surface area contributed by atoms with E-state index < -0.39 is 28.5 Å². The average Bonchev–Trinajstić information content (AvgIpc) is 2.77. The second kappa shape index (κ2) is 7.02. The van der Waals surface area contributed by atoms with Crippen LogP contribution in [0.25, 0.3) is 0 Å². The lowest BCUT2D eigenvalue weighted by Crippen LogP contribution is -2.36. The van der Waals surface area contributed by atoms with Crippen LogP contribution in [0.5, 0.6) is 0 Å². The molecule has 2 rings (SSSR count). The van der Waals surface area contributed by atoms with Crippen LogP contribution < -0.4 is 5.32 Å². The molecule has 1 N–H and O–H groups in total. The van der Waals surface area contributed by atoms with Gasteiger partial charge in [-0.2, -0.15) is 0 Å². The van der Waals surface area contributed by atoms with Gasteiger partial charge in [0.1, 0.15) is 6.54 Å². The highest BCUT2D eigenvalue weighted by molar-refractivity contribution is 8.18. The van der Waals surface area contributed by atoms with E-state index in [1.54, 1.807) is 13.8 Å². The zero-order valence-electron chi connectivity index (χ0n) is 12.7. The number of thioether (sulfide) groups is 1. The first-order valence-electron chi connectivity index (χ1n) is 6.65. The summed E-state index contributed by atoms with van der Waals surface area (Å²) in [5.74, 6) is -1.15. The van der Waals surface area contributed by atoms with Crippen molar-refractivity contribution in [2.75, 3.05) is 11.9 Å². The van der Waals surface area contributed by atoms with Crippen LogP contribution in [0.15, 0.2) is 28.7 Å². The van der Waals surface area contributed by atoms with E-state index in [4.69, 9.17) is 11.6 Å². The number of nitrogens with one attached hydrogen (secondary N) is 1. The fourth-order valence-electron chi connectivity index (χ4n) is 1.90. The Morgan fingerprint density at radius 2 is 2.04 bits per heavy atom. The maximum atomic E-state index is 12.1. The number of carbonyl (C=O) groups excluding carboxylic acids is 3. The lowest BCUT2D eigenvalue weighted by molar-refractivity contribution is -0.384. The van der Waals surface area contributed by atoms with Crippen molar-refractivity contribution in [2.45, 2.75) is 13.8 Å². The van der Waals surface area contributed by atoms with Crippen molar-refractivity contribution >= 4 is 51.8 Å². The molecule has 0 radical (unpaired) electrons. The van der Waals surface area contributed by atoms with E-state index in [1.165, 1.54) is 12.1 Å². The Balaban J connectivity index is 2.09. The Hall–Kier alpha value is -2.39. The summed E-state index contributed by atoms with van der Waals surface area (Å²) in [4.78, 5) is 47.1. The third kappa shape index (κ3) is 3.74. The summed E-state index contributed by atoms with van der Waals surface area (Å²) < 4.78 is 0. The van der Waals surface area contributed by atoms with Gasteiger partial charge in [0, 0.05) is 12.1 Å². The van der Waals surface area contributed by atoms with Gasteiger partial charge in [0.05, 0.1) is 20.5 Å². The number of nitro benzene ring substituents is 1. The van der Waals surface area contributed by atoms with Crippen LogP contribution in [0.2, 0.25) is 5.02 Å². The number of non-ortho nitro benzene ring substituents is 1. The van der Waals surface area contributed by atoms with E-state index >= 15 is 0 Å². The molecular weight excluding hydrogens is 358 g/mol. The van der Waals surface area contributed by atoms with Gasteiger partial charge in [-0.25, -0.2) is 0 Å². The minimum absolute atomic E-state index is 0.0176. The van der Waals surface area contributed by atoms with E-state index in [1.807, 2.05) is 0 Å². The molecule has 1 aromatic carbocycles. The monoisotopic (exact) mass is 369 g/mol. The summed E-state index contributed by atoms with van der Waals surface area (Å²) in [6, 6.07) is 3.56. The smallest absolute Gasteiger partial charge is 0.294 e. The highest BCUT2D eigenvalue weighted by Gasteiger charge is 2.36. The predicted molar refractivity (Wildman–Crippen MR) is 89.8 cm³/mol. The van der Waals surface area contributed by atoms with Crippen molar-refractivity contribution in [1.29, 1.82) is 0 Å². The molecule has 3 amide bonds. The molecule has 0 saturated carbocycles. The molecule has 0 bridgehead atoms. The molecule has 1 aromatic rings. The number of anilines is 1. The first-order chi connectivity index (χ1) is 11.2. The van der Waals surface area contributed by atoms with Crippen molar-refractivity contribution < 1.29 is 19.3 Å². The number of rotatable bonds is 4. The number of nitro groups is 1. The van der Waals surface area contributed by atoms with Crippen molar-refractivity contribution in [3.8, 4) is 0 Å². The van der Waals surface area contributed by atoms with Gasteiger partial charge in [-0.05, 0) is 31.7 Å². The SMILES string of the molecule is CC(C)=C1SC(=O)N(CC(=O)Nc2ccc([N+](=O)[O-])cc2Cl)C1=O. The third-order valence-electron chi connectivity index (χ3n) is 3.04. The maximum absolute atomic E-state index is 12.1. The van der Waals surface area contributed by atoms with Crippen LogP contribution >= 0.6 is 23.4 Å². The van der Waals surface area contributed by atoms with Crippen LogP contribution in [0.4, 0.5) is 16.2 Å². The van der Waals surface area contributed by atoms with Crippen LogP contribution in [0.3, 0.4) is 0 Å². The number of hydrogen-bond acceptors (Lipinski definition) is 6. The van der Waals surface area contributed by atoms with Gasteiger partial charge in [-0.1, -0.05) is 17.2 Å². The summed E-state index contributed by atoms with van der Waals surface area (Å²) in [5.41, 5.74) is 0.633. The molecular formula is C14H12ClN3O5S. The minimum atomic E-state index is -0.636. The number of allylic oxidation sites excluding steroid dienone is 1. The summed E-state index contributed by atoms with van der Waals surface area (Å²) in [6.07, 6.45) is 0. The standard InChI is InChI=1S/C14H12ClN3O5S/c1-7(2)12-13(20)17(14(21)24-12)6-11(19)16-10-4-3-8(18(22)23)5-9(10)15/h3-5H,6H2,1-2H3,(H,16,19). The summed E-state index contributed by atoms with van der Waals surface area (Å²) in [5, 5.41) is 12.5. The van der Waals surface area contributed by atoms with Gasteiger partial charge in [0.15, 0.2) is 0 Å².